The van der Waals surface area contributed by atoms with Crippen LogP contribution in [0.5, 0.6) is 0 Å². The summed E-state index contributed by atoms with van der Waals surface area (Å²) in [4.78, 5) is 14.3. The molecule has 4 heteroatoms. The number of carbonyl (C=O) groups is 1. The Hall–Kier alpha value is -0.640. The summed E-state index contributed by atoms with van der Waals surface area (Å²) in [7, 11) is 1.83. The Labute approximate surface area is 97.0 Å². The van der Waals surface area contributed by atoms with E-state index in [1.165, 1.54) is 0 Å². The van der Waals surface area contributed by atoms with Crippen molar-refractivity contribution in [2.24, 2.45) is 17.1 Å². The van der Waals surface area contributed by atoms with Crippen LogP contribution in [-0.2, 0) is 4.79 Å². The number of nitrogens with two attached hydrogens (primary N) is 1. The van der Waals surface area contributed by atoms with Crippen LogP contribution in [-0.4, -0.2) is 29.4 Å². The molecule has 1 aliphatic carbocycles. The van der Waals surface area contributed by atoms with Crippen LogP contribution in [0.3, 0.4) is 0 Å². The largest absolute Gasteiger partial charge is 0.392 e. The van der Waals surface area contributed by atoms with E-state index in [0.29, 0.717) is 10.9 Å². The number of thiocarbonyl (C=S) groups is 1. The molecule has 0 aromatic heterocycles. The summed E-state index contributed by atoms with van der Waals surface area (Å²) < 4.78 is 0. The molecule has 0 aliphatic heterocycles. The number of carbonyl (C=O) groups excluding carboxylic acids is 1. The van der Waals surface area contributed by atoms with Crippen molar-refractivity contribution in [3.8, 4) is 0 Å². The van der Waals surface area contributed by atoms with Crippen LogP contribution in [0.4, 0.5) is 0 Å². The highest BCUT2D eigenvalue weighted by Gasteiger charge is 2.51. The van der Waals surface area contributed by atoms with Crippen molar-refractivity contribution in [2.75, 3.05) is 13.6 Å². The van der Waals surface area contributed by atoms with Gasteiger partial charge in [-0.15, -0.1) is 0 Å². The van der Waals surface area contributed by atoms with E-state index in [2.05, 4.69) is 13.8 Å². The van der Waals surface area contributed by atoms with Gasteiger partial charge in [-0.1, -0.05) is 26.1 Å². The molecule has 1 aliphatic rings. The van der Waals surface area contributed by atoms with Gasteiger partial charge in [0.15, 0.2) is 0 Å². The monoisotopic (exact) mass is 228 g/mol. The summed E-state index contributed by atoms with van der Waals surface area (Å²) in [5, 5.41) is 0. The molecule has 0 saturated heterocycles. The first-order chi connectivity index (χ1) is 6.94. The number of hydrogen-bond acceptors (Lipinski definition) is 2. The number of nitrogens with zero attached hydrogens (tertiary/aromatic N) is 1. The molecule has 15 heavy (non-hydrogen) atoms. The van der Waals surface area contributed by atoms with Gasteiger partial charge < -0.3 is 10.6 Å². The average molecular weight is 228 g/mol. The molecule has 1 rings (SSSR count). The zero-order chi connectivity index (χ0) is 11.6. The summed E-state index contributed by atoms with van der Waals surface area (Å²) in [5.74, 6) is 0.667. The lowest BCUT2D eigenvalue weighted by Crippen LogP contribution is -2.56. The van der Waals surface area contributed by atoms with Crippen molar-refractivity contribution in [1.82, 2.24) is 4.90 Å². The lowest BCUT2D eigenvalue weighted by atomic mass is 9.61. The van der Waals surface area contributed by atoms with Crippen LogP contribution < -0.4 is 5.73 Å². The van der Waals surface area contributed by atoms with E-state index < -0.39 is 5.41 Å². The normalized spacial score (nSPS) is 29.4. The molecule has 1 amide bonds. The number of rotatable bonds is 4. The van der Waals surface area contributed by atoms with Gasteiger partial charge in [0, 0.05) is 13.6 Å². The highest BCUT2D eigenvalue weighted by atomic mass is 32.1. The smallest absolute Gasteiger partial charge is 0.235 e. The van der Waals surface area contributed by atoms with Gasteiger partial charge in [-0.2, -0.15) is 0 Å². The fraction of sp³-hybridized carbons (Fsp3) is 0.818. The molecular formula is C11H20N2OS. The molecule has 0 atom stereocenters. The summed E-state index contributed by atoms with van der Waals surface area (Å²) >= 11 is 5.04. The van der Waals surface area contributed by atoms with Crippen molar-refractivity contribution in [2.45, 2.75) is 33.1 Å². The molecule has 0 spiro atoms. The Balaban J connectivity index is 2.74. The lowest BCUT2D eigenvalue weighted by molar-refractivity contribution is -0.142. The fourth-order valence-corrected chi connectivity index (χ4v) is 2.67. The summed E-state index contributed by atoms with van der Waals surface area (Å²) in [6.07, 6.45) is 2.59. The highest BCUT2D eigenvalue weighted by molar-refractivity contribution is 7.80. The standard InChI is InChI=1S/C11H20N2OS/c1-4-5-13(3)10(14)11(9(12)15)6-8(2)7-11/h8H,4-7H2,1-3H3,(H2,12,15). The van der Waals surface area contributed by atoms with Crippen molar-refractivity contribution in [3.05, 3.63) is 0 Å². The van der Waals surface area contributed by atoms with Crippen LogP contribution in [0.25, 0.3) is 0 Å². The third-order valence-electron chi connectivity index (χ3n) is 3.18. The van der Waals surface area contributed by atoms with Gasteiger partial charge in [0.05, 0.1) is 10.4 Å². The molecule has 2 N–H and O–H groups in total. The second-order valence-corrected chi connectivity index (χ2v) is 5.13. The van der Waals surface area contributed by atoms with Gasteiger partial charge in [0.2, 0.25) is 5.91 Å². The minimum Gasteiger partial charge on any atom is -0.392 e. The third kappa shape index (κ3) is 2.14. The average Bonchev–Trinajstić information content (AvgIpc) is 2.11. The fourth-order valence-electron chi connectivity index (χ4n) is 2.41. The van der Waals surface area contributed by atoms with Gasteiger partial charge in [0.25, 0.3) is 0 Å². The van der Waals surface area contributed by atoms with Gasteiger partial charge in [-0.3, -0.25) is 4.79 Å². The van der Waals surface area contributed by atoms with Crippen molar-refractivity contribution in [3.63, 3.8) is 0 Å². The lowest BCUT2D eigenvalue weighted by Gasteiger charge is -2.46. The Kier molecular flexibility index (Phi) is 3.71. The Morgan fingerprint density at radius 1 is 1.60 bits per heavy atom. The molecule has 0 heterocycles. The van der Waals surface area contributed by atoms with Crippen LogP contribution in [0.1, 0.15) is 33.1 Å². The van der Waals surface area contributed by atoms with E-state index in [-0.39, 0.29) is 5.91 Å². The number of hydrogen-bond donors (Lipinski definition) is 1. The zero-order valence-corrected chi connectivity index (χ0v) is 10.6. The Bertz CT molecular complexity index is 272. The minimum absolute atomic E-state index is 0.106. The van der Waals surface area contributed by atoms with Crippen LogP contribution >= 0.6 is 12.2 Å². The molecule has 1 saturated carbocycles. The highest BCUT2D eigenvalue weighted by Crippen LogP contribution is 2.46. The maximum atomic E-state index is 12.2. The quantitative estimate of drug-likeness (QED) is 0.743. The molecular weight excluding hydrogens is 208 g/mol. The topological polar surface area (TPSA) is 46.3 Å². The number of amides is 1. The van der Waals surface area contributed by atoms with Gasteiger partial charge in [0.1, 0.15) is 0 Å². The first kappa shape index (κ1) is 12.4. The van der Waals surface area contributed by atoms with Crippen molar-refractivity contribution in [1.29, 1.82) is 0 Å². The molecule has 0 unspecified atom stereocenters. The Morgan fingerprint density at radius 2 is 2.13 bits per heavy atom. The second kappa shape index (κ2) is 4.47. The summed E-state index contributed by atoms with van der Waals surface area (Å²) in [5.41, 5.74) is 5.18. The molecule has 0 bridgehead atoms. The summed E-state index contributed by atoms with van der Waals surface area (Å²) in [6.45, 7) is 4.96. The first-order valence-corrected chi connectivity index (χ1v) is 5.90. The molecule has 3 nitrogen and oxygen atoms in total. The van der Waals surface area contributed by atoms with E-state index >= 15 is 0 Å². The van der Waals surface area contributed by atoms with E-state index in [1.54, 1.807) is 4.90 Å². The molecule has 0 aromatic carbocycles. The summed E-state index contributed by atoms with van der Waals surface area (Å²) in [6, 6.07) is 0. The molecule has 1 fully saturated rings. The van der Waals surface area contributed by atoms with E-state index in [0.717, 1.165) is 25.8 Å². The van der Waals surface area contributed by atoms with E-state index in [1.807, 2.05) is 7.05 Å². The molecule has 86 valence electrons. The van der Waals surface area contributed by atoms with E-state index in [9.17, 15) is 4.79 Å². The maximum absolute atomic E-state index is 12.2. The molecule has 0 radical (unpaired) electrons. The molecule has 0 aromatic rings. The Morgan fingerprint density at radius 3 is 2.47 bits per heavy atom. The van der Waals surface area contributed by atoms with Gasteiger partial charge in [-0.05, 0) is 25.2 Å². The zero-order valence-electron chi connectivity index (χ0n) is 9.75. The third-order valence-corrected chi connectivity index (χ3v) is 3.57. The SMILES string of the molecule is CCCN(C)C(=O)C1(C(N)=S)CC(C)C1. The predicted octanol–water partition coefficient (Wildman–Crippen LogP) is 1.56. The maximum Gasteiger partial charge on any atom is 0.235 e. The van der Waals surface area contributed by atoms with Crippen LogP contribution in [0.2, 0.25) is 0 Å². The predicted molar refractivity (Wildman–Crippen MR) is 65.5 cm³/mol. The van der Waals surface area contributed by atoms with E-state index in [4.69, 9.17) is 18.0 Å². The second-order valence-electron chi connectivity index (χ2n) is 4.69. The van der Waals surface area contributed by atoms with Crippen LogP contribution in [0, 0.1) is 11.3 Å². The van der Waals surface area contributed by atoms with Crippen molar-refractivity contribution >= 4 is 23.1 Å². The first-order valence-electron chi connectivity index (χ1n) is 5.49. The van der Waals surface area contributed by atoms with Crippen molar-refractivity contribution < 1.29 is 4.79 Å². The van der Waals surface area contributed by atoms with Crippen LogP contribution in [0.15, 0.2) is 0 Å². The van der Waals surface area contributed by atoms with Gasteiger partial charge in [-0.25, -0.2) is 0 Å². The van der Waals surface area contributed by atoms with Gasteiger partial charge >= 0.3 is 0 Å². The minimum atomic E-state index is -0.529.